The number of anilines is 2. The molecular formula is C28H39N7O. The van der Waals surface area contributed by atoms with Gasteiger partial charge in [-0.1, -0.05) is 18.6 Å². The summed E-state index contributed by atoms with van der Waals surface area (Å²) in [6.07, 6.45) is 5.87. The summed E-state index contributed by atoms with van der Waals surface area (Å²) in [6, 6.07) is 9.16. The molecule has 5 rings (SSSR count). The molecule has 3 aromatic rings. The standard InChI is InChI=1S/C28H39N7O/c1-20(2)34-12-14-35(15-13-34)28-24-9-8-22(16-23(24)17-27(31-28)30-21(3)36)25-18-29-32(4)26(25)19-33-10-6-5-7-11-33/h8-9,16-18,20H,5-7,10-15,19H2,1-4H3,(H,30,31,36). The van der Waals surface area contributed by atoms with Gasteiger partial charge in [-0.2, -0.15) is 5.10 Å². The van der Waals surface area contributed by atoms with Gasteiger partial charge in [-0.25, -0.2) is 4.98 Å². The molecule has 8 nitrogen and oxygen atoms in total. The number of rotatable bonds is 6. The number of carbonyl (C=O) groups excluding carboxylic acids is 1. The van der Waals surface area contributed by atoms with E-state index in [1.54, 1.807) is 0 Å². The zero-order valence-electron chi connectivity index (χ0n) is 22.1. The van der Waals surface area contributed by atoms with Gasteiger partial charge in [-0.3, -0.25) is 19.3 Å². The van der Waals surface area contributed by atoms with Gasteiger partial charge in [0.25, 0.3) is 0 Å². The van der Waals surface area contributed by atoms with Crippen molar-refractivity contribution in [2.75, 3.05) is 49.5 Å². The van der Waals surface area contributed by atoms with Crippen LogP contribution in [0.2, 0.25) is 0 Å². The van der Waals surface area contributed by atoms with E-state index in [4.69, 9.17) is 4.98 Å². The first kappa shape index (κ1) is 24.7. The summed E-state index contributed by atoms with van der Waals surface area (Å²) in [7, 11) is 2.04. The zero-order chi connectivity index (χ0) is 25.2. The van der Waals surface area contributed by atoms with Crippen LogP contribution in [0.5, 0.6) is 0 Å². The van der Waals surface area contributed by atoms with Crippen molar-refractivity contribution in [3.63, 3.8) is 0 Å². The van der Waals surface area contributed by atoms with Crippen molar-refractivity contribution in [1.29, 1.82) is 0 Å². The van der Waals surface area contributed by atoms with Gasteiger partial charge in [0.15, 0.2) is 0 Å². The number of aryl methyl sites for hydroxylation is 1. The summed E-state index contributed by atoms with van der Waals surface area (Å²) in [6.45, 7) is 13.1. The molecule has 1 aromatic carbocycles. The Bertz CT molecular complexity index is 1220. The number of piperazine rings is 1. The summed E-state index contributed by atoms with van der Waals surface area (Å²) in [5, 5.41) is 9.74. The SMILES string of the molecule is CC(=O)Nc1cc2cc(-c3cnn(C)c3CN3CCCCC3)ccc2c(N2CCN(C(C)C)CC2)n1. The monoisotopic (exact) mass is 489 g/mol. The van der Waals surface area contributed by atoms with Crippen molar-refractivity contribution in [3.8, 4) is 11.1 Å². The van der Waals surface area contributed by atoms with Crippen LogP contribution in [0, 0.1) is 0 Å². The van der Waals surface area contributed by atoms with E-state index in [0.29, 0.717) is 11.9 Å². The van der Waals surface area contributed by atoms with Gasteiger partial charge in [-0.05, 0) is 62.9 Å². The second-order valence-electron chi connectivity index (χ2n) is 10.5. The molecule has 2 fully saturated rings. The maximum Gasteiger partial charge on any atom is 0.222 e. The number of nitrogens with zero attached hydrogens (tertiary/aromatic N) is 6. The number of nitrogens with one attached hydrogen (secondary N) is 1. The lowest BCUT2D eigenvalue weighted by Crippen LogP contribution is -2.49. The fourth-order valence-corrected chi connectivity index (χ4v) is 5.56. The number of piperidine rings is 1. The minimum atomic E-state index is -0.107. The third-order valence-electron chi connectivity index (χ3n) is 7.65. The maximum atomic E-state index is 11.9. The quantitative estimate of drug-likeness (QED) is 0.562. The first-order valence-corrected chi connectivity index (χ1v) is 13.3. The van der Waals surface area contributed by atoms with Crippen molar-refractivity contribution in [1.82, 2.24) is 24.6 Å². The van der Waals surface area contributed by atoms with E-state index in [-0.39, 0.29) is 5.91 Å². The molecule has 0 unspecified atom stereocenters. The molecule has 36 heavy (non-hydrogen) atoms. The summed E-state index contributed by atoms with van der Waals surface area (Å²) in [5.41, 5.74) is 3.57. The molecule has 2 saturated heterocycles. The molecule has 1 amide bonds. The smallest absolute Gasteiger partial charge is 0.222 e. The van der Waals surface area contributed by atoms with Gasteiger partial charge in [0, 0.05) is 63.7 Å². The average Bonchev–Trinajstić information content (AvgIpc) is 3.23. The topological polar surface area (TPSA) is 69.5 Å². The van der Waals surface area contributed by atoms with E-state index >= 15 is 0 Å². The van der Waals surface area contributed by atoms with E-state index in [1.807, 2.05) is 24.0 Å². The number of carbonyl (C=O) groups is 1. The molecule has 2 aliphatic heterocycles. The molecule has 4 heterocycles. The fraction of sp³-hybridized carbons (Fsp3) is 0.536. The molecule has 8 heteroatoms. The molecule has 2 aromatic heterocycles. The van der Waals surface area contributed by atoms with Gasteiger partial charge in [0.1, 0.15) is 11.6 Å². The number of hydrogen-bond acceptors (Lipinski definition) is 6. The number of amides is 1. The van der Waals surface area contributed by atoms with Crippen LogP contribution in [-0.4, -0.2) is 75.8 Å². The average molecular weight is 490 g/mol. The van der Waals surface area contributed by atoms with Gasteiger partial charge < -0.3 is 10.2 Å². The Labute approximate surface area is 214 Å². The van der Waals surface area contributed by atoms with Crippen LogP contribution in [0.4, 0.5) is 11.6 Å². The number of pyridine rings is 1. The Morgan fingerprint density at radius 1 is 1.03 bits per heavy atom. The second-order valence-corrected chi connectivity index (χ2v) is 10.5. The number of hydrogen-bond donors (Lipinski definition) is 1. The summed E-state index contributed by atoms with van der Waals surface area (Å²) < 4.78 is 2.02. The van der Waals surface area contributed by atoms with Crippen LogP contribution in [0.3, 0.4) is 0 Å². The molecule has 0 saturated carbocycles. The maximum absolute atomic E-state index is 11.9. The highest BCUT2D eigenvalue weighted by Gasteiger charge is 2.23. The van der Waals surface area contributed by atoms with E-state index in [9.17, 15) is 4.79 Å². The molecule has 0 radical (unpaired) electrons. The normalized spacial score (nSPS) is 17.8. The lowest BCUT2D eigenvalue weighted by atomic mass is 10.0. The highest BCUT2D eigenvalue weighted by atomic mass is 16.1. The Balaban J connectivity index is 1.50. The Hall–Kier alpha value is -2.97. The Morgan fingerprint density at radius 3 is 2.47 bits per heavy atom. The lowest BCUT2D eigenvalue weighted by Gasteiger charge is -2.38. The van der Waals surface area contributed by atoms with Crippen molar-refractivity contribution in [2.45, 2.75) is 52.6 Å². The van der Waals surface area contributed by atoms with Crippen molar-refractivity contribution < 1.29 is 4.79 Å². The molecule has 1 N–H and O–H groups in total. The molecular weight excluding hydrogens is 450 g/mol. The summed E-state index contributed by atoms with van der Waals surface area (Å²) >= 11 is 0. The molecule has 192 valence electrons. The van der Waals surface area contributed by atoms with Crippen molar-refractivity contribution in [2.24, 2.45) is 7.05 Å². The highest BCUT2D eigenvalue weighted by molar-refractivity contribution is 5.99. The molecule has 0 atom stereocenters. The zero-order valence-corrected chi connectivity index (χ0v) is 22.1. The van der Waals surface area contributed by atoms with Crippen LogP contribution < -0.4 is 10.2 Å². The van der Waals surface area contributed by atoms with Gasteiger partial charge in [0.05, 0.1) is 11.9 Å². The summed E-state index contributed by atoms with van der Waals surface area (Å²) in [5.74, 6) is 1.45. The Morgan fingerprint density at radius 2 is 1.78 bits per heavy atom. The number of benzene rings is 1. The van der Waals surface area contributed by atoms with Gasteiger partial charge in [0.2, 0.25) is 5.91 Å². The van der Waals surface area contributed by atoms with E-state index in [1.165, 1.54) is 37.4 Å². The van der Waals surface area contributed by atoms with Crippen molar-refractivity contribution >= 4 is 28.3 Å². The van der Waals surface area contributed by atoms with Gasteiger partial charge >= 0.3 is 0 Å². The first-order valence-electron chi connectivity index (χ1n) is 13.3. The van der Waals surface area contributed by atoms with Gasteiger partial charge in [-0.15, -0.1) is 0 Å². The van der Waals surface area contributed by atoms with E-state index in [0.717, 1.165) is 68.0 Å². The van der Waals surface area contributed by atoms with Crippen molar-refractivity contribution in [3.05, 3.63) is 36.2 Å². The van der Waals surface area contributed by atoms with E-state index < -0.39 is 0 Å². The predicted molar refractivity (Wildman–Crippen MR) is 146 cm³/mol. The highest BCUT2D eigenvalue weighted by Crippen LogP contribution is 2.34. The fourth-order valence-electron chi connectivity index (χ4n) is 5.56. The molecule has 2 aliphatic rings. The van der Waals surface area contributed by atoms with Crippen LogP contribution in [0.25, 0.3) is 21.9 Å². The van der Waals surface area contributed by atoms with Crippen LogP contribution in [0.1, 0.15) is 45.7 Å². The minimum Gasteiger partial charge on any atom is -0.353 e. The Kier molecular flexibility index (Phi) is 7.25. The summed E-state index contributed by atoms with van der Waals surface area (Å²) in [4.78, 5) is 24.2. The number of likely N-dealkylation sites (tertiary alicyclic amines) is 1. The van der Waals surface area contributed by atoms with Crippen LogP contribution >= 0.6 is 0 Å². The number of aromatic nitrogens is 3. The molecule has 0 spiro atoms. The number of fused-ring (bicyclic) bond motifs is 1. The minimum absolute atomic E-state index is 0.107. The largest absolute Gasteiger partial charge is 0.353 e. The first-order chi connectivity index (χ1) is 17.4. The second kappa shape index (κ2) is 10.6. The molecule has 0 bridgehead atoms. The predicted octanol–water partition coefficient (Wildman–Crippen LogP) is 4.11. The van der Waals surface area contributed by atoms with E-state index in [2.05, 4.69) is 57.2 Å². The van der Waals surface area contributed by atoms with Crippen LogP contribution in [-0.2, 0) is 18.4 Å². The third kappa shape index (κ3) is 5.25. The molecule has 0 aliphatic carbocycles. The van der Waals surface area contributed by atoms with Crippen LogP contribution in [0.15, 0.2) is 30.5 Å². The third-order valence-corrected chi connectivity index (χ3v) is 7.65. The lowest BCUT2D eigenvalue weighted by molar-refractivity contribution is -0.114.